The first-order valence-corrected chi connectivity index (χ1v) is 9.76. The number of piperidine rings is 1. The smallest absolute Gasteiger partial charge is 0.410 e. The van der Waals surface area contributed by atoms with Crippen molar-refractivity contribution < 1.29 is 14.3 Å². The molecule has 0 spiro atoms. The van der Waals surface area contributed by atoms with E-state index in [0.717, 1.165) is 45.1 Å². The Balaban J connectivity index is 1.74. The summed E-state index contributed by atoms with van der Waals surface area (Å²) in [6.45, 7) is 8.21. The fourth-order valence-corrected chi connectivity index (χ4v) is 3.30. The van der Waals surface area contributed by atoms with Gasteiger partial charge in [-0.1, -0.05) is 12.3 Å². The average molecular weight is 364 g/mol. The largest absolute Gasteiger partial charge is 0.444 e. The molecule has 1 aliphatic carbocycles. The summed E-state index contributed by atoms with van der Waals surface area (Å²) in [4.78, 5) is 28.7. The molecule has 1 saturated heterocycles. The fourth-order valence-electron chi connectivity index (χ4n) is 3.30. The zero-order valence-corrected chi connectivity index (χ0v) is 16.4. The zero-order valence-electron chi connectivity index (χ0n) is 16.4. The van der Waals surface area contributed by atoms with Crippen LogP contribution >= 0.6 is 0 Å². The maximum absolute atomic E-state index is 12.5. The molecule has 1 unspecified atom stereocenters. The standard InChI is InChI=1S/C20H33N3O3/c1-5-13-22-14-7-6-9-17(22)18(24)21-12-8-15-23(16-10-11-16)19(25)26-20(2,3)4/h1,16-17H,6-15H2,2-4H3,(H,21,24). The quantitative estimate of drug-likeness (QED) is 0.557. The monoisotopic (exact) mass is 363 g/mol. The topological polar surface area (TPSA) is 61.9 Å². The predicted octanol–water partition coefficient (Wildman–Crippen LogP) is 2.38. The number of hydrogen-bond donors (Lipinski definition) is 1. The van der Waals surface area contributed by atoms with E-state index >= 15 is 0 Å². The molecule has 2 aliphatic rings. The molecule has 2 fully saturated rings. The molecular weight excluding hydrogens is 330 g/mol. The number of nitrogens with zero attached hydrogens (tertiary/aromatic N) is 2. The Morgan fingerprint density at radius 2 is 2.00 bits per heavy atom. The van der Waals surface area contributed by atoms with Crippen LogP contribution in [0.15, 0.2) is 0 Å². The normalized spacial score (nSPS) is 20.9. The molecule has 2 rings (SSSR count). The zero-order chi connectivity index (χ0) is 19.2. The summed E-state index contributed by atoms with van der Waals surface area (Å²) in [6.07, 6.45) is 11.0. The molecular formula is C20H33N3O3. The molecule has 1 saturated carbocycles. The summed E-state index contributed by atoms with van der Waals surface area (Å²) >= 11 is 0. The lowest BCUT2D eigenvalue weighted by Gasteiger charge is -2.33. The number of amides is 2. The minimum atomic E-state index is -0.486. The highest BCUT2D eigenvalue weighted by molar-refractivity contribution is 5.81. The van der Waals surface area contributed by atoms with Crippen molar-refractivity contribution in [2.24, 2.45) is 0 Å². The van der Waals surface area contributed by atoms with E-state index in [1.807, 2.05) is 25.7 Å². The molecule has 0 aromatic carbocycles. The number of carbonyl (C=O) groups is 2. The van der Waals surface area contributed by atoms with Crippen LogP contribution in [0.1, 0.15) is 59.3 Å². The van der Waals surface area contributed by atoms with Gasteiger partial charge in [0.25, 0.3) is 0 Å². The summed E-state index contributed by atoms with van der Waals surface area (Å²) < 4.78 is 5.49. The van der Waals surface area contributed by atoms with Crippen molar-refractivity contribution in [3.8, 4) is 12.3 Å². The highest BCUT2D eigenvalue weighted by Gasteiger charge is 2.35. The van der Waals surface area contributed by atoms with Gasteiger partial charge in [-0.2, -0.15) is 0 Å². The summed E-state index contributed by atoms with van der Waals surface area (Å²) in [7, 11) is 0. The number of terminal acetylenes is 1. The summed E-state index contributed by atoms with van der Waals surface area (Å²) in [5.41, 5.74) is -0.486. The van der Waals surface area contributed by atoms with E-state index in [-0.39, 0.29) is 18.0 Å². The number of rotatable bonds is 7. The van der Waals surface area contributed by atoms with E-state index in [0.29, 0.717) is 25.7 Å². The van der Waals surface area contributed by atoms with Gasteiger partial charge < -0.3 is 15.0 Å². The Morgan fingerprint density at radius 3 is 2.62 bits per heavy atom. The molecule has 0 aromatic heterocycles. The van der Waals surface area contributed by atoms with E-state index in [9.17, 15) is 9.59 Å². The Bertz CT molecular complexity index is 531. The molecule has 2 amide bonds. The van der Waals surface area contributed by atoms with Crippen LogP contribution in [0.3, 0.4) is 0 Å². The molecule has 6 heteroatoms. The Labute approximate surface area is 157 Å². The van der Waals surface area contributed by atoms with Crippen LogP contribution in [0.2, 0.25) is 0 Å². The SMILES string of the molecule is C#CCN1CCCCC1C(=O)NCCCN(C(=O)OC(C)(C)C)C1CC1. The maximum atomic E-state index is 12.5. The van der Waals surface area contributed by atoms with Gasteiger partial charge in [-0.3, -0.25) is 9.69 Å². The molecule has 6 nitrogen and oxygen atoms in total. The lowest BCUT2D eigenvalue weighted by molar-refractivity contribution is -0.127. The minimum absolute atomic E-state index is 0.0511. The second-order valence-electron chi connectivity index (χ2n) is 8.24. The summed E-state index contributed by atoms with van der Waals surface area (Å²) in [5.74, 6) is 2.69. The maximum Gasteiger partial charge on any atom is 0.410 e. The summed E-state index contributed by atoms with van der Waals surface area (Å²) in [5, 5.41) is 3.01. The fraction of sp³-hybridized carbons (Fsp3) is 0.800. The van der Waals surface area contributed by atoms with Gasteiger partial charge in [0.2, 0.25) is 5.91 Å². The Hall–Kier alpha value is -1.74. The lowest BCUT2D eigenvalue weighted by atomic mass is 10.0. The van der Waals surface area contributed by atoms with Crippen LogP contribution < -0.4 is 5.32 Å². The van der Waals surface area contributed by atoms with Gasteiger partial charge in [-0.15, -0.1) is 6.42 Å². The van der Waals surface area contributed by atoms with Crippen LogP contribution in [-0.2, 0) is 9.53 Å². The lowest BCUT2D eigenvalue weighted by Crippen LogP contribution is -2.50. The van der Waals surface area contributed by atoms with Gasteiger partial charge in [0, 0.05) is 19.1 Å². The van der Waals surface area contributed by atoms with Crippen molar-refractivity contribution in [3.05, 3.63) is 0 Å². The molecule has 1 atom stereocenters. The molecule has 0 aromatic rings. The first kappa shape index (κ1) is 20.6. The van der Waals surface area contributed by atoms with Crippen LogP contribution in [-0.4, -0.2) is 65.7 Å². The van der Waals surface area contributed by atoms with Gasteiger partial charge in [0.15, 0.2) is 0 Å². The van der Waals surface area contributed by atoms with E-state index in [1.54, 1.807) is 0 Å². The molecule has 0 bridgehead atoms. The molecule has 146 valence electrons. The highest BCUT2D eigenvalue weighted by Crippen LogP contribution is 2.28. The van der Waals surface area contributed by atoms with Crippen LogP contribution in [0, 0.1) is 12.3 Å². The summed E-state index contributed by atoms with van der Waals surface area (Å²) in [6, 6.07) is 0.176. The molecule has 1 aliphatic heterocycles. The third kappa shape index (κ3) is 6.53. The first-order valence-electron chi connectivity index (χ1n) is 9.76. The Morgan fingerprint density at radius 1 is 1.27 bits per heavy atom. The van der Waals surface area contributed by atoms with Crippen molar-refractivity contribution in [2.75, 3.05) is 26.2 Å². The Kier molecular flexibility index (Phi) is 7.33. The van der Waals surface area contributed by atoms with Crippen LogP contribution in [0.25, 0.3) is 0 Å². The molecule has 0 radical (unpaired) electrons. The second kappa shape index (κ2) is 9.27. The average Bonchev–Trinajstić information content (AvgIpc) is 3.38. The van der Waals surface area contributed by atoms with Gasteiger partial charge in [0.1, 0.15) is 5.60 Å². The van der Waals surface area contributed by atoms with Crippen LogP contribution in [0.5, 0.6) is 0 Å². The second-order valence-corrected chi connectivity index (χ2v) is 8.24. The molecule has 1 N–H and O–H groups in total. The van der Waals surface area contributed by atoms with Gasteiger partial charge in [0.05, 0.1) is 12.6 Å². The van der Waals surface area contributed by atoms with Crippen LogP contribution in [0.4, 0.5) is 4.79 Å². The predicted molar refractivity (Wildman–Crippen MR) is 102 cm³/mol. The van der Waals surface area contributed by atoms with E-state index in [4.69, 9.17) is 11.2 Å². The van der Waals surface area contributed by atoms with E-state index in [1.165, 1.54) is 0 Å². The number of carbonyl (C=O) groups excluding carboxylic acids is 2. The van der Waals surface area contributed by atoms with E-state index < -0.39 is 5.60 Å². The van der Waals surface area contributed by atoms with Gasteiger partial charge in [-0.25, -0.2) is 4.79 Å². The first-order chi connectivity index (χ1) is 12.3. The van der Waals surface area contributed by atoms with Crippen molar-refractivity contribution in [3.63, 3.8) is 0 Å². The van der Waals surface area contributed by atoms with Gasteiger partial charge >= 0.3 is 6.09 Å². The number of likely N-dealkylation sites (tertiary alicyclic amines) is 1. The molecule has 1 heterocycles. The van der Waals surface area contributed by atoms with Crippen molar-refractivity contribution >= 4 is 12.0 Å². The number of ether oxygens (including phenoxy) is 1. The van der Waals surface area contributed by atoms with Crippen molar-refractivity contribution in [1.29, 1.82) is 0 Å². The third-order valence-corrected chi connectivity index (χ3v) is 4.70. The van der Waals surface area contributed by atoms with Crippen molar-refractivity contribution in [2.45, 2.75) is 77.0 Å². The third-order valence-electron chi connectivity index (χ3n) is 4.70. The molecule has 26 heavy (non-hydrogen) atoms. The number of hydrogen-bond acceptors (Lipinski definition) is 4. The minimum Gasteiger partial charge on any atom is -0.444 e. The van der Waals surface area contributed by atoms with Gasteiger partial charge in [-0.05, 0) is 59.4 Å². The van der Waals surface area contributed by atoms with Crippen molar-refractivity contribution in [1.82, 2.24) is 15.1 Å². The highest BCUT2D eigenvalue weighted by atomic mass is 16.6. The number of nitrogens with one attached hydrogen (secondary N) is 1. The van der Waals surface area contributed by atoms with E-state index in [2.05, 4.69) is 16.1 Å².